The third-order valence-electron chi connectivity index (χ3n) is 4.83. The average molecular weight is 448 g/mol. The number of halogens is 2. The first-order valence-electron chi connectivity index (χ1n) is 9.52. The summed E-state index contributed by atoms with van der Waals surface area (Å²) < 4.78 is 19.3. The summed E-state index contributed by atoms with van der Waals surface area (Å²) in [7, 11) is 0. The lowest BCUT2D eigenvalue weighted by Crippen LogP contribution is -2.36. The Balaban J connectivity index is 1.85. The van der Waals surface area contributed by atoms with Crippen LogP contribution in [0.25, 0.3) is 10.8 Å². The van der Waals surface area contributed by atoms with Gasteiger partial charge in [0.05, 0.1) is 5.02 Å². The molecule has 2 N–H and O–H groups in total. The minimum absolute atomic E-state index is 0.180. The molecule has 0 aliphatic heterocycles. The first-order chi connectivity index (χ1) is 14.5. The topological polar surface area (TPSA) is 58.6 Å². The monoisotopic (exact) mass is 447 g/mol. The molecule has 0 spiro atoms. The summed E-state index contributed by atoms with van der Waals surface area (Å²) in [6.07, 6.45) is 2.48. The van der Waals surface area contributed by atoms with Crippen LogP contribution in [0.2, 0.25) is 5.02 Å². The molecule has 1 atom stereocenters. The number of nitrogens with one attached hydrogen (secondary N) is 1. The highest BCUT2D eigenvalue weighted by molar-refractivity contribution is 7.98. The summed E-state index contributed by atoms with van der Waals surface area (Å²) in [5.41, 5.74) is 1.55. The van der Waals surface area contributed by atoms with E-state index in [0.717, 1.165) is 22.1 Å². The number of hydrogen-bond donors (Lipinski definition) is 2. The lowest BCUT2D eigenvalue weighted by molar-refractivity contribution is -0.139. The smallest absolute Gasteiger partial charge is 0.320 e. The molecule has 0 aromatic heterocycles. The summed E-state index contributed by atoms with van der Waals surface area (Å²) in [5.74, 6) is 0.121. The second-order valence-corrected chi connectivity index (χ2v) is 8.23. The van der Waals surface area contributed by atoms with Crippen LogP contribution in [0.1, 0.15) is 17.5 Å². The Labute approximate surface area is 184 Å². The van der Waals surface area contributed by atoms with Gasteiger partial charge in [0.2, 0.25) is 0 Å². The van der Waals surface area contributed by atoms with Gasteiger partial charge in [-0.1, -0.05) is 48.0 Å². The van der Waals surface area contributed by atoms with Gasteiger partial charge in [-0.05, 0) is 47.4 Å². The number of carboxylic acids is 1. The second-order valence-electron chi connectivity index (χ2n) is 6.84. The number of fused-ring (bicyclic) bond motifs is 1. The highest BCUT2D eigenvalue weighted by atomic mass is 35.5. The van der Waals surface area contributed by atoms with Crippen molar-refractivity contribution in [2.24, 2.45) is 0 Å². The molecule has 3 aromatic rings. The van der Waals surface area contributed by atoms with Crippen LogP contribution in [-0.2, 0) is 17.9 Å². The maximum atomic E-state index is 13.3. The van der Waals surface area contributed by atoms with Crippen LogP contribution >= 0.6 is 23.4 Å². The van der Waals surface area contributed by atoms with E-state index in [4.69, 9.17) is 16.3 Å². The van der Waals surface area contributed by atoms with Crippen molar-refractivity contribution in [2.45, 2.75) is 25.6 Å². The second kappa shape index (κ2) is 10.7. The van der Waals surface area contributed by atoms with Crippen LogP contribution < -0.4 is 10.1 Å². The summed E-state index contributed by atoms with van der Waals surface area (Å²) in [5, 5.41) is 15.0. The van der Waals surface area contributed by atoms with Crippen LogP contribution in [0.3, 0.4) is 0 Å². The van der Waals surface area contributed by atoms with E-state index in [1.165, 1.54) is 12.1 Å². The molecule has 0 aliphatic rings. The molecule has 0 bridgehead atoms. The maximum Gasteiger partial charge on any atom is 0.320 e. The van der Waals surface area contributed by atoms with Crippen LogP contribution in [-0.4, -0.2) is 29.1 Å². The van der Waals surface area contributed by atoms with Gasteiger partial charge in [0.1, 0.15) is 24.2 Å². The summed E-state index contributed by atoms with van der Waals surface area (Å²) in [6.45, 7) is 0.526. The minimum Gasteiger partial charge on any atom is -0.488 e. The molecule has 1 unspecified atom stereocenters. The van der Waals surface area contributed by atoms with Crippen molar-refractivity contribution >= 4 is 40.1 Å². The van der Waals surface area contributed by atoms with Crippen LogP contribution in [0.4, 0.5) is 4.39 Å². The third kappa shape index (κ3) is 5.65. The molecule has 158 valence electrons. The predicted molar refractivity (Wildman–Crippen MR) is 121 cm³/mol. The minimum atomic E-state index is -0.871. The molecule has 0 saturated heterocycles. The fourth-order valence-corrected chi connectivity index (χ4v) is 3.89. The molecule has 3 aromatic carbocycles. The van der Waals surface area contributed by atoms with Gasteiger partial charge in [-0.25, -0.2) is 4.39 Å². The van der Waals surface area contributed by atoms with E-state index in [1.807, 2.05) is 42.7 Å². The zero-order valence-electron chi connectivity index (χ0n) is 16.5. The first kappa shape index (κ1) is 22.4. The number of rotatable bonds is 10. The van der Waals surface area contributed by atoms with E-state index in [0.29, 0.717) is 29.3 Å². The Morgan fingerprint density at radius 3 is 2.77 bits per heavy atom. The summed E-state index contributed by atoms with van der Waals surface area (Å²) in [6, 6.07) is 15.3. The van der Waals surface area contributed by atoms with Gasteiger partial charge >= 0.3 is 5.97 Å². The number of ether oxygens (including phenoxy) is 1. The Bertz CT molecular complexity index is 1030. The fraction of sp³-hybridized carbons (Fsp3) is 0.261. The van der Waals surface area contributed by atoms with E-state index >= 15 is 0 Å². The summed E-state index contributed by atoms with van der Waals surface area (Å²) in [4.78, 5) is 11.6. The Morgan fingerprint density at radius 1 is 1.23 bits per heavy atom. The predicted octanol–water partition coefficient (Wildman–Crippen LogP) is 5.51. The van der Waals surface area contributed by atoms with Crippen molar-refractivity contribution in [3.63, 3.8) is 0 Å². The van der Waals surface area contributed by atoms with Gasteiger partial charge in [0, 0.05) is 17.7 Å². The quantitative estimate of drug-likeness (QED) is 0.429. The Hall–Kier alpha value is -2.28. The third-order valence-corrected chi connectivity index (χ3v) is 5.83. The Kier molecular flexibility index (Phi) is 7.96. The molecular formula is C23H23ClFNO3S. The molecule has 0 heterocycles. The molecule has 0 radical (unpaired) electrons. The number of aliphatic carboxylic acids is 1. The van der Waals surface area contributed by atoms with Gasteiger partial charge < -0.3 is 15.2 Å². The number of hydrogen-bond acceptors (Lipinski definition) is 4. The molecule has 0 aliphatic carbocycles. The van der Waals surface area contributed by atoms with E-state index in [2.05, 4.69) is 5.32 Å². The van der Waals surface area contributed by atoms with Crippen molar-refractivity contribution in [1.82, 2.24) is 5.32 Å². The molecular weight excluding hydrogens is 425 g/mol. The standard InChI is InChI=1S/C23H23ClFNO3S/c1-30-11-10-21(23(27)28)26-13-19-18-5-3-2-4-15(18)7-9-22(19)29-14-16-6-8-17(25)12-20(16)24/h2-9,12,21,26H,10-11,13-14H2,1H3,(H,27,28). The van der Waals surface area contributed by atoms with Gasteiger partial charge in [-0.15, -0.1) is 0 Å². The normalized spacial score (nSPS) is 12.1. The summed E-state index contributed by atoms with van der Waals surface area (Å²) >= 11 is 7.73. The van der Waals surface area contributed by atoms with E-state index in [1.54, 1.807) is 17.8 Å². The lowest BCUT2D eigenvalue weighted by atomic mass is 10.0. The molecule has 30 heavy (non-hydrogen) atoms. The van der Waals surface area contributed by atoms with E-state index < -0.39 is 17.8 Å². The van der Waals surface area contributed by atoms with Gasteiger partial charge in [0.25, 0.3) is 0 Å². The van der Waals surface area contributed by atoms with Crippen molar-refractivity contribution < 1.29 is 19.0 Å². The van der Waals surface area contributed by atoms with E-state index in [-0.39, 0.29) is 6.61 Å². The lowest BCUT2D eigenvalue weighted by Gasteiger charge is -2.18. The SMILES string of the molecule is CSCCC(NCc1c(OCc2ccc(F)cc2Cl)ccc2ccccc12)C(=O)O. The number of thioether (sulfide) groups is 1. The first-order valence-corrected chi connectivity index (χ1v) is 11.3. The molecule has 7 heteroatoms. The van der Waals surface area contributed by atoms with E-state index in [9.17, 15) is 14.3 Å². The van der Waals surface area contributed by atoms with Gasteiger partial charge in [-0.2, -0.15) is 11.8 Å². The highest BCUT2D eigenvalue weighted by Gasteiger charge is 2.18. The molecule has 0 saturated carbocycles. The molecule has 0 amide bonds. The van der Waals surface area contributed by atoms with Crippen molar-refractivity contribution in [1.29, 1.82) is 0 Å². The van der Waals surface area contributed by atoms with Crippen LogP contribution in [0, 0.1) is 5.82 Å². The van der Waals surface area contributed by atoms with Crippen molar-refractivity contribution in [3.8, 4) is 5.75 Å². The number of carboxylic acid groups (broad SMARTS) is 1. The zero-order chi connectivity index (χ0) is 21.5. The number of carbonyl (C=O) groups is 1. The van der Waals surface area contributed by atoms with Crippen molar-refractivity contribution in [3.05, 3.63) is 76.6 Å². The van der Waals surface area contributed by atoms with Gasteiger partial charge in [0.15, 0.2) is 0 Å². The Morgan fingerprint density at radius 2 is 2.03 bits per heavy atom. The van der Waals surface area contributed by atoms with Crippen LogP contribution in [0.5, 0.6) is 5.75 Å². The molecule has 3 rings (SSSR count). The zero-order valence-corrected chi connectivity index (χ0v) is 18.1. The largest absolute Gasteiger partial charge is 0.488 e. The molecule has 4 nitrogen and oxygen atoms in total. The average Bonchev–Trinajstić information content (AvgIpc) is 2.73. The fourth-order valence-electron chi connectivity index (χ4n) is 3.20. The van der Waals surface area contributed by atoms with Gasteiger partial charge in [-0.3, -0.25) is 4.79 Å². The highest BCUT2D eigenvalue weighted by Crippen LogP contribution is 2.30. The van der Waals surface area contributed by atoms with Crippen LogP contribution in [0.15, 0.2) is 54.6 Å². The maximum absolute atomic E-state index is 13.3. The molecule has 0 fully saturated rings. The number of benzene rings is 3. The van der Waals surface area contributed by atoms with Crippen molar-refractivity contribution in [2.75, 3.05) is 12.0 Å².